The van der Waals surface area contributed by atoms with Crippen LogP contribution in [-0.2, 0) is 0 Å². The lowest BCUT2D eigenvalue weighted by atomic mass is 9.95. The largest absolute Gasteiger partial charge is 0.399 e. The number of nitrogens with one attached hydrogen (secondary N) is 1. The van der Waals surface area contributed by atoms with Crippen molar-refractivity contribution in [3.05, 3.63) is 30.3 Å². The molecule has 1 aromatic heterocycles. The van der Waals surface area contributed by atoms with Gasteiger partial charge in [-0.15, -0.1) is 0 Å². The second-order valence-electron chi connectivity index (χ2n) is 5.16. The topological polar surface area (TPSA) is 71.2 Å². The maximum Gasteiger partial charge on any atom is 0.127 e. The Hall–Kier alpha value is -1.81. The highest BCUT2D eigenvalue weighted by Crippen LogP contribution is 2.23. The number of anilines is 2. The Bertz CT molecular complexity index is 570. The molecule has 2 rings (SSSR count). The summed E-state index contributed by atoms with van der Waals surface area (Å²) in [4.78, 5) is 4.58. The van der Waals surface area contributed by atoms with Crippen molar-refractivity contribution in [2.75, 3.05) is 17.7 Å². The van der Waals surface area contributed by atoms with Gasteiger partial charge in [0.15, 0.2) is 0 Å². The number of nitrogens with zero attached hydrogens (tertiary/aromatic N) is 1. The Kier molecular flexibility index (Phi) is 3.90. The summed E-state index contributed by atoms with van der Waals surface area (Å²) in [5.74, 6) is 0.829. The molecule has 0 spiro atoms. The van der Waals surface area contributed by atoms with Crippen LogP contribution in [0.3, 0.4) is 0 Å². The Labute approximate surface area is 113 Å². The second kappa shape index (κ2) is 5.45. The van der Waals surface area contributed by atoms with Crippen LogP contribution < -0.4 is 11.1 Å². The summed E-state index contributed by atoms with van der Waals surface area (Å²) in [5.41, 5.74) is 7.28. The zero-order valence-electron chi connectivity index (χ0n) is 11.5. The van der Waals surface area contributed by atoms with Gasteiger partial charge >= 0.3 is 0 Å². The van der Waals surface area contributed by atoms with Crippen molar-refractivity contribution < 1.29 is 5.11 Å². The van der Waals surface area contributed by atoms with E-state index in [9.17, 15) is 0 Å². The number of hydrogen-bond acceptors (Lipinski definition) is 4. The van der Waals surface area contributed by atoms with E-state index >= 15 is 0 Å². The molecule has 1 aromatic carbocycles. The maximum absolute atomic E-state index is 9.14. The number of nitrogen functional groups attached to an aromatic ring is 1. The van der Waals surface area contributed by atoms with Crippen molar-refractivity contribution in [2.24, 2.45) is 0 Å². The van der Waals surface area contributed by atoms with Gasteiger partial charge in [0, 0.05) is 23.2 Å². The van der Waals surface area contributed by atoms with Crippen LogP contribution in [0, 0.1) is 0 Å². The highest BCUT2D eigenvalue weighted by Gasteiger charge is 2.21. The SMILES string of the molecule is CCC(C)(CCO)Nc1ccc2cc(N)ccc2n1. The van der Waals surface area contributed by atoms with Crippen molar-refractivity contribution in [3.8, 4) is 0 Å². The van der Waals surface area contributed by atoms with E-state index in [0.717, 1.165) is 28.8 Å². The van der Waals surface area contributed by atoms with E-state index in [1.54, 1.807) is 0 Å². The molecule has 1 heterocycles. The molecule has 0 saturated heterocycles. The molecule has 0 aliphatic carbocycles. The van der Waals surface area contributed by atoms with Crippen LogP contribution in [0.15, 0.2) is 30.3 Å². The summed E-state index contributed by atoms with van der Waals surface area (Å²) < 4.78 is 0. The third-order valence-electron chi connectivity index (χ3n) is 3.59. The van der Waals surface area contributed by atoms with Gasteiger partial charge in [-0.05, 0) is 50.1 Å². The molecule has 0 bridgehead atoms. The number of pyridine rings is 1. The average molecular weight is 259 g/mol. The van der Waals surface area contributed by atoms with E-state index in [-0.39, 0.29) is 12.1 Å². The monoisotopic (exact) mass is 259 g/mol. The van der Waals surface area contributed by atoms with E-state index in [0.29, 0.717) is 6.42 Å². The lowest BCUT2D eigenvalue weighted by molar-refractivity contribution is 0.252. The molecule has 1 atom stereocenters. The zero-order valence-corrected chi connectivity index (χ0v) is 11.5. The smallest absolute Gasteiger partial charge is 0.127 e. The predicted octanol–water partition coefficient (Wildman–Crippen LogP) is 2.78. The van der Waals surface area contributed by atoms with Crippen LogP contribution in [-0.4, -0.2) is 22.2 Å². The minimum atomic E-state index is -0.136. The molecule has 0 aliphatic heterocycles. The fourth-order valence-electron chi connectivity index (χ4n) is 2.10. The van der Waals surface area contributed by atoms with Gasteiger partial charge in [0.05, 0.1) is 5.52 Å². The number of rotatable bonds is 5. The van der Waals surface area contributed by atoms with Crippen LogP contribution in [0.4, 0.5) is 11.5 Å². The van der Waals surface area contributed by atoms with Gasteiger partial charge in [-0.1, -0.05) is 6.92 Å². The Balaban J connectivity index is 2.28. The average Bonchev–Trinajstić information content (AvgIpc) is 2.39. The number of aliphatic hydroxyl groups excluding tert-OH is 1. The molecule has 0 amide bonds. The van der Waals surface area contributed by atoms with E-state index in [4.69, 9.17) is 10.8 Å². The van der Waals surface area contributed by atoms with E-state index in [1.165, 1.54) is 0 Å². The number of hydrogen-bond donors (Lipinski definition) is 3. The first-order chi connectivity index (χ1) is 9.06. The van der Waals surface area contributed by atoms with Crippen molar-refractivity contribution in [1.82, 2.24) is 4.98 Å². The highest BCUT2D eigenvalue weighted by molar-refractivity contribution is 5.83. The molecule has 0 radical (unpaired) electrons. The predicted molar refractivity (Wildman–Crippen MR) is 80.2 cm³/mol. The third kappa shape index (κ3) is 3.15. The molecule has 1 unspecified atom stereocenters. The van der Waals surface area contributed by atoms with Crippen LogP contribution in [0.2, 0.25) is 0 Å². The molecular formula is C15H21N3O. The molecule has 0 saturated carbocycles. The molecule has 4 N–H and O–H groups in total. The van der Waals surface area contributed by atoms with E-state index in [2.05, 4.69) is 24.1 Å². The number of fused-ring (bicyclic) bond motifs is 1. The molecule has 4 nitrogen and oxygen atoms in total. The van der Waals surface area contributed by atoms with Crippen molar-refractivity contribution >= 4 is 22.4 Å². The number of aliphatic hydroxyl groups is 1. The minimum Gasteiger partial charge on any atom is -0.399 e. The van der Waals surface area contributed by atoms with Gasteiger partial charge < -0.3 is 16.2 Å². The maximum atomic E-state index is 9.14. The second-order valence-corrected chi connectivity index (χ2v) is 5.16. The summed E-state index contributed by atoms with van der Waals surface area (Å²) in [5, 5.41) is 13.6. The van der Waals surface area contributed by atoms with E-state index < -0.39 is 0 Å². The van der Waals surface area contributed by atoms with Gasteiger partial charge in [0.1, 0.15) is 5.82 Å². The van der Waals surface area contributed by atoms with Gasteiger partial charge in [0.25, 0.3) is 0 Å². The van der Waals surface area contributed by atoms with E-state index in [1.807, 2.05) is 30.3 Å². The summed E-state index contributed by atoms with van der Waals surface area (Å²) in [6, 6.07) is 9.65. The van der Waals surface area contributed by atoms with Crippen LogP contribution >= 0.6 is 0 Å². The highest BCUT2D eigenvalue weighted by atomic mass is 16.3. The third-order valence-corrected chi connectivity index (χ3v) is 3.59. The Morgan fingerprint density at radius 3 is 2.79 bits per heavy atom. The molecule has 19 heavy (non-hydrogen) atoms. The van der Waals surface area contributed by atoms with Crippen molar-refractivity contribution in [1.29, 1.82) is 0 Å². The molecule has 0 aliphatic rings. The fourth-order valence-corrected chi connectivity index (χ4v) is 2.10. The first-order valence-corrected chi connectivity index (χ1v) is 6.62. The molecule has 2 aromatic rings. The molecule has 102 valence electrons. The van der Waals surface area contributed by atoms with Gasteiger partial charge in [-0.3, -0.25) is 0 Å². The number of nitrogens with two attached hydrogens (primary N) is 1. The minimum absolute atomic E-state index is 0.136. The standard InChI is InChI=1S/C15H21N3O/c1-3-15(2,8-9-19)18-14-7-4-11-10-12(16)5-6-13(11)17-14/h4-7,10,19H,3,8-9,16H2,1-2H3,(H,17,18). The summed E-state index contributed by atoms with van der Waals surface area (Å²) in [6.45, 7) is 4.37. The Morgan fingerprint density at radius 2 is 2.11 bits per heavy atom. The van der Waals surface area contributed by atoms with Crippen molar-refractivity contribution in [3.63, 3.8) is 0 Å². The lowest BCUT2D eigenvalue weighted by Gasteiger charge is -2.29. The number of benzene rings is 1. The summed E-state index contributed by atoms with van der Waals surface area (Å²) >= 11 is 0. The first-order valence-electron chi connectivity index (χ1n) is 6.62. The van der Waals surface area contributed by atoms with Gasteiger partial charge in [-0.2, -0.15) is 0 Å². The molecule has 0 fully saturated rings. The quantitative estimate of drug-likeness (QED) is 0.722. The number of aromatic nitrogens is 1. The zero-order chi connectivity index (χ0) is 13.9. The Morgan fingerprint density at radius 1 is 1.32 bits per heavy atom. The fraction of sp³-hybridized carbons (Fsp3) is 0.400. The summed E-state index contributed by atoms with van der Waals surface area (Å²) in [7, 11) is 0. The van der Waals surface area contributed by atoms with Crippen LogP contribution in [0.1, 0.15) is 26.7 Å². The first kappa shape index (κ1) is 13.6. The van der Waals surface area contributed by atoms with Gasteiger partial charge in [0.2, 0.25) is 0 Å². The van der Waals surface area contributed by atoms with Crippen molar-refractivity contribution in [2.45, 2.75) is 32.2 Å². The van der Waals surface area contributed by atoms with Crippen LogP contribution in [0.25, 0.3) is 10.9 Å². The normalized spacial score (nSPS) is 14.3. The van der Waals surface area contributed by atoms with Gasteiger partial charge in [-0.25, -0.2) is 4.98 Å². The lowest BCUT2D eigenvalue weighted by Crippen LogP contribution is -2.35. The molecule has 4 heteroatoms. The molecular weight excluding hydrogens is 238 g/mol. The summed E-state index contributed by atoms with van der Waals surface area (Å²) in [6.07, 6.45) is 1.62. The van der Waals surface area contributed by atoms with Crippen LogP contribution in [0.5, 0.6) is 0 Å².